The highest BCUT2D eigenvalue weighted by atomic mass is 16.5. The Bertz CT molecular complexity index is 394. The lowest BCUT2D eigenvalue weighted by Crippen LogP contribution is -2.18. The van der Waals surface area contributed by atoms with E-state index in [9.17, 15) is 4.79 Å². The fourth-order valence-electron chi connectivity index (χ4n) is 1.55. The molecule has 0 aliphatic rings. The lowest BCUT2D eigenvalue weighted by molar-refractivity contribution is 0.0593. The average molecular weight is 251 g/mol. The normalized spacial score (nSPS) is 12.3. The first-order valence-corrected chi connectivity index (χ1v) is 6.19. The van der Waals surface area contributed by atoms with Gasteiger partial charge >= 0.3 is 5.97 Å². The highest BCUT2D eigenvalue weighted by Crippen LogP contribution is 2.11. The molecule has 0 fully saturated rings. The molecule has 1 aromatic rings. The quantitative estimate of drug-likeness (QED) is 0.787. The lowest BCUT2D eigenvalue weighted by atomic mass is 10.0. The van der Waals surface area contributed by atoms with Gasteiger partial charge in [0.2, 0.25) is 0 Å². The van der Waals surface area contributed by atoms with Crippen molar-refractivity contribution in [3.63, 3.8) is 0 Å². The maximum Gasteiger partial charge on any atom is 0.358 e. The van der Waals surface area contributed by atoms with Crippen LogP contribution < -0.4 is 5.32 Å². The molecule has 1 rings (SSSR count). The molecule has 0 radical (unpaired) electrons. The van der Waals surface area contributed by atoms with Crippen molar-refractivity contribution in [3.8, 4) is 0 Å². The Morgan fingerprint density at radius 3 is 2.67 bits per heavy atom. The van der Waals surface area contributed by atoms with E-state index < -0.39 is 5.97 Å². The number of carbonyl (C=O) groups is 1. The number of hydrogen-bond donors (Lipinski definition) is 1. The van der Waals surface area contributed by atoms with Crippen molar-refractivity contribution in [1.29, 1.82) is 0 Å². The van der Waals surface area contributed by atoms with Crippen LogP contribution in [0.1, 0.15) is 44.1 Å². The number of esters is 1. The van der Waals surface area contributed by atoms with Crippen LogP contribution in [0.3, 0.4) is 0 Å². The standard InChI is InChI=1S/C13H21N3O2/c1-9(2)5-6-10(3)15-12-8-14-7-11(16-12)13(17)18-4/h7-10H,5-6H2,1-4H3,(H,15,16). The van der Waals surface area contributed by atoms with Gasteiger partial charge in [-0.25, -0.2) is 9.78 Å². The second kappa shape index (κ2) is 6.93. The van der Waals surface area contributed by atoms with E-state index in [0.717, 1.165) is 12.8 Å². The monoisotopic (exact) mass is 251 g/mol. The molecule has 1 N–H and O–H groups in total. The molecule has 0 saturated heterocycles. The van der Waals surface area contributed by atoms with Crippen LogP contribution in [-0.4, -0.2) is 29.1 Å². The lowest BCUT2D eigenvalue weighted by Gasteiger charge is -2.15. The summed E-state index contributed by atoms with van der Waals surface area (Å²) in [5.41, 5.74) is 0.221. The molecule has 0 saturated carbocycles. The highest BCUT2D eigenvalue weighted by molar-refractivity contribution is 5.87. The van der Waals surface area contributed by atoms with Crippen LogP contribution in [-0.2, 0) is 4.74 Å². The molecule has 5 nitrogen and oxygen atoms in total. The molecule has 0 aliphatic heterocycles. The van der Waals surface area contributed by atoms with Gasteiger partial charge in [0.1, 0.15) is 5.82 Å². The van der Waals surface area contributed by atoms with E-state index in [1.54, 1.807) is 6.20 Å². The molecule has 0 aromatic carbocycles. The predicted molar refractivity (Wildman–Crippen MR) is 70.5 cm³/mol. The molecular weight excluding hydrogens is 230 g/mol. The van der Waals surface area contributed by atoms with E-state index in [1.165, 1.54) is 13.3 Å². The minimum Gasteiger partial charge on any atom is -0.464 e. The third-order valence-corrected chi connectivity index (χ3v) is 2.60. The number of anilines is 1. The molecule has 1 heterocycles. The van der Waals surface area contributed by atoms with Crippen LogP contribution in [0, 0.1) is 5.92 Å². The van der Waals surface area contributed by atoms with Crippen LogP contribution in [0.2, 0.25) is 0 Å². The summed E-state index contributed by atoms with van der Waals surface area (Å²) >= 11 is 0. The van der Waals surface area contributed by atoms with Crippen molar-refractivity contribution < 1.29 is 9.53 Å². The van der Waals surface area contributed by atoms with Crippen molar-refractivity contribution in [3.05, 3.63) is 18.1 Å². The van der Waals surface area contributed by atoms with E-state index in [4.69, 9.17) is 0 Å². The molecule has 5 heteroatoms. The van der Waals surface area contributed by atoms with Gasteiger partial charge in [-0.1, -0.05) is 13.8 Å². The Balaban J connectivity index is 2.59. The number of aromatic nitrogens is 2. The zero-order valence-corrected chi connectivity index (χ0v) is 11.4. The van der Waals surface area contributed by atoms with Crippen LogP contribution in [0.25, 0.3) is 0 Å². The number of carbonyl (C=O) groups excluding carboxylic acids is 1. The topological polar surface area (TPSA) is 64.1 Å². The van der Waals surface area contributed by atoms with E-state index in [0.29, 0.717) is 17.8 Å². The maximum absolute atomic E-state index is 11.3. The summed E-state index contributed by atoms with van der Waals surface area (Å²) in [6.45, 7) is 6.49. The Kier molecular flexibility index (Phi) is 5.55. The maximum atomic E-state index is 11.3. The summed E-state index contributed by atoms with van der Waals surface area (Å²) in [7, 11) is 1.33. The van der Waals surface area contributed by atoms with Gasteiger partial charge in [-0.2, -0.15) is 0 Å². The Hall–Kier alpha value is -1.65. The third-order valence-electron chi connectivity index (χ3n) is 2.60. The third kappa shape index (κ3) is 4.69. The molecule has 0 aliphatic carbocycles. The number of hydrogen-bond acceptors (Lipinski definition) is 5. The first kappa shape index (κ1) is 14.4. The van der Waals surface area contributed by atoms with E-state index in [-0.39, 0.29) is 5.69 Å². The molecule has 0 amide bonds. The summed E-state index contributed by atoms with van der Waals surface area (Å²) < 4.78 is 4.61. The smallest absolute Gasteiger partial charge is 0.358 e. The van der Waals surface area contributed by atoms with Crippen LogP contribution in [0.4, 0.5) is 5.82 Å². The second-order valence-corrected chi connectivity index (χ2v) is 4.80. The van der Waals surface area contributed by atoms with Gasteiger partial charge in [0.15, 0.2) is 5.69 Å². The SMILES string of the molecule is COC(=O)c1cncc(NC(C)CCC(C)C)n1. The van der Waals surface area contributed by atoms with Crippen LogP contribution in [0.15, 0.2) is 12.4 Å². The molecule has 100 valence electrons. The van der Waals surface area contributed by atoms with E-state index in [2.05, 4.69) is 40.8 Å². The fourth-order valence-corrected chi connectivity index (χ4v) is 1.55. The molecular formula is C13H21N3O2. The summed E-state index contributed by atoms with van der Waals surface area (Å²) in [6.07, 6.45) is 5.22. The highest BCUT2D eigenvalue weighted by Gasteiger charge is 2.10. The Morgan fingerprint density at radius 2 is 2.06 bits per heavy atom. The van der Waals surface area contributed by atoms with E-state index in [1.807, 2.05) is 0 Å². The molecule has 18 heavy (non-hydrogen) atoms. The Morgan fingerprint density at radius 1 is 1.33 bits per heavy atom. The number of nitrogens with zero attached hydrogens (tertiary/aromatic N) is 2. The first-order valence-electron chi connectivity index (χ1n) is 6.19. The number of nitrogens with one attached hydrogen (secondary N) is 1. The van der Waals surface area contributed by atoms with Crippen molar-refractivity contribution >= 4 is 11.8 Å². The number of methoxy groups -OCH3 is 1. The van der Waals surface area contributed by atoms with Crippen molar-refractivity contribution in [2.24, 2.45) is 5.92 Å². The summed E-state index contributed by atoms with van der Waals surface area (Å²) in [4.78, 5) is 19.5. The zero-order valence-electron chi connectivity index (χ0n) is 11.4. The minimum absolute atomic E-state index is 0.221. The largest absolute Gasteiger partial charge is 0.464 e. The van der Waals surface area contributed by atoms with E-state index >= 15 is 0 Å². The van der Waals surface area contributed by atoms with Gasteiger partial charge in [-0.15, -0.1) is 0 Å². The van der Waals surface area contributed by atoms with Gasteiger partial charge in [0.05, 0.1) is 19.5 Å². The van der Waals surface area contributed by atoms with Crippen molar-refractivity contribution in [2.75, 3.05) is 12.4 Å². The molecule has 1 unspecified atom stereocenters. The van der Waals surface area contributed by atoms with Gasteiger partial charge < -0.3 is 10.1 Å². The fraction of sp³-hybridized carbons (Fsp3) is 0.615. The van der Waals surface area contributed by atoms with Crippen molar-refractivity contribution in [1.82, 2.24) is 9.97 Å². The summed E-state index contributed by atoms with van der Waals surface area (Å²) in [6, 6.07) is 0.301. The predicted octanol–water partition coefficient (Wildman–Crippen LogP) is 2.50. The van der Waals surface area contributed by atoms with Crippen molar-refractivity contribution in [2.45, 2.75) is 39.7 Å². The number of rotatable bonds is 6. The minimum atomic E-state index is -0.471. The summed E-state index contributed by atoms with van der Waals surface area (Å²) in [5.74, 6) is 0.817. The van der Waals surface area contributed by atoms with Gasteiger partial charge in [-0.05, 0) is 25.7 Å². The van der Waals surface area contributed by atoms with Crippen LogP contribution >= 0.6 is 0 Å². The van der Waals surface area contributed by atoms with Gasteiger partial charge in [0, 0.05) is 6.04 Å². The first-order chi connectivity index (χ1) is 8.52. The average Bonchev–Trinajstić information content (AvgIpc) is 2.35. The summed E-state index contributed by atoms with van der Waals surface area (Å²) in [5, 5.41) is 3.24. The Labute approximate surface area is 108 Å². The number of ether oxygens (including phenoxy) is 1. The molecule has 1 aromatic heterocycles. The molecule has 0 bridgehead atoms. The zero-order chi connectivity index (χ0) is 13.5. The van der Waals surface area contributed by atoms with Gasteiger partial charge in [0.25, 0.3) is 0 Å². The molecule has 1 atom stereocenters. The van der Waals surface area contributed by atoms with Crippen LogP contribution in [0.5, 0.6) is 0 Å². The second-order valence-electron chi connectivity index (χ2n) is 4.80. The molecule has 0 spiro atoms. The van der Waals surface area contributed by atoms with Gasteiger partial charge in [-0.3, -0.25) is 4.98 Å².